The number of nitrogens with one attached hydrogen (secondary N) is 1. The number of hydrogen-bond acceptors (Lipinski definition) is 5. The Labute approximate surface area is 189 Å². The molecule has 2 rings (SSSR count). The van der Waals surface area contributed by atoms with Crippen molar-refractivity contribution in [3.8, 4) is 0 Å². The molecular weight excluding hydrogens is 470 g/mol. The summed E-state index contributed by atoms with van der Waals surface area (Å²) < 4.78 is 0.996. The third-order valence-corrected chi connectivity index (χ3v) is 6.87. The van der Waals surface area contributed by atoms with Gasteiger partial charge in [0.1, 0.15) is 0 Å². The van der Waals surface area contributed by atoms with E-state index in [1.165, 1.54) is 11.8 Å². The molecule has 2 unspecified atom stereocenters. The minimum absolute atomic E-state index is 0.0257. The smallest absolute Gasteiger partial charge is 0.222 e. The molecule has 0 aliphatic rings. The Hall–Kier alpha value is -1.28. The maximum absolute atomic E-state index is 12.7. The Balaban J connectivity index is 2.05. The van der Waals surface area contributed by atoms with Crippen molar-refractivity contribution < 1.29 is 14.7 Å². The second kappa shape index (κ2) is 13.1. The number of aliphatic hydroxyl groups is 1. The molecule has 0 aliphatic carbocycles. The van der Waals surface area contributed by atoms with Crippen molar-refractivity contribution in [1.82, 2.24) is 5.32 Å². The largest absolute Gasteiger partial charge is 0.396 e. The molecule has 0 radical (unpaired) electrons. The molecule has 2 atom stereocenters. The summed E-state index contributed by atoms with van der Waals surface area (Å²) in [5.74, 6) is -0.0715. The molecule has 2 N–H and O–H groups in total. The van der Waals surface area contributed by atoms with Gasteiger partial charge in [-0.1, -0.05) is 70.2 Å². The summed E-state index contributed by atoms with van der Waals surface area (Å²) in [4.78, 5) is 25.3. The van der Waals surface area contributed by atoms with Gasteiger partial charge in [-0.25, -0.2) is 0 Å². The fourth-order valence-electron chi connectivity index (χ4n) is 2.80. The van der Waals surface area contributed by atoms with Crippen molar-refractivity contribution in [2.45, 2.75) is 36.3 Å². The SMILES string of the molecule is CSC(CCCO)NC(=O)CC(Cc1ccc(Br)cc1)SC(=O)c1ccccc1. The summed E-state index contributed by atoms with van der Waals surface area (Å²) in [6.45, 7) is 0.112. The molecular formula is C22H26BrNO3S2. The highest BCUT2D eigenvalue weighted by molar-refractivity contribution is 9.10. The third kappa shape index (κ3) is 8.95. The van der Waals surface area contributed by atoms with E-state index in [1.54, 1.807) is 23.9 Å². The molecule has 2 aromatic rings. The van der Waals surface area contributed by atoms with Crippen LogP contribution in [0.4, 0.5) is 0 Å². The van der Waals surface area contributed by atoms with Crippen molar-refractivity contribution in [1.29, 1.82) is 0 Å². The van der Waals surface area contributed by atoms with E-state index in [4.69, 9.17) is 5.11 Å². The number of rotatable bonds is 11. The van der Waals surface area contributed by atoms with E-state index in [-0.39, 0.29) is 34.7 Å². The van der Waals surface area contributed by atoms with Crippen LogP contribution in [0.2, 0.25) is 0 Å². The number of carbonyl (C=O) groups excluding carboxylic acids is 2. The van der Waals surface area contributed by atoms with Crippen molar-refractivity contribution in [3.05, 3.63) is 70.2 Å². The van der Waals surface area contributed by atoms with Gasteiger partial charge in [-0.2, -0.15) is 0 Å². The second-order valence-corrected chi connectivity index (χ2v) is 9.82. The zero-order valence-corrected chi connectivity index (χ0v) is 19.6. The lowest BCUT2D eigenvalue weighted by Gasteiger charge is -2.19. The molecule has 156 valence electrons. The number of halogens is 1. The maximum Gasteiger partial charge on any atom is 0.222 e. The molecule has 0 heterocycles. The zero-order valence-electron chi connectivity index (χ0n) is 16.3. The highest BCUT2D eigenvalue weighted by Gasteiger charge is 2.21. The van der Waals surface area contributed by atoms with Gasteiger partial charge < -0.3 is 10.4 Å². The molecule has 0 bridgehead atoms. The third-order valence-electron chi connectivity index (χ3n) is 4.30. The molecule has 2 aromatic carbocycles. The molecule has 0 aromatic heterocycles. The van der Waals surface area contributed by atoms with Gasteiger partial charge in [-0.15, -0.1) is 11.8 Å². The summed E-state index contributed by atoms with van der Waals surface area (Å²) in [6.07, 6.45) is 4.20. The average Bonchev–Trinajstić information content (AvgIpc) is 2.73. The van der Waals surface area contributed by atoms with Crippen LogP contribution in [0.3, 0.4) is 0 Å². The van der Waals surface area contributed by atoms with Crippen LogP contribution in [0, 0.1) is 0 Å². The fourth-order valence-corrected chi connectivity index (χ4v) is 4.80. The summed E-state index contributed by atoms with van der Waals surface area (Å²) in [6, 6.07) is 17.1. The van der Waals surface area contributed by atoms with E-state index in [2.05, 4.69) is 21.2 Å². The number of carbonyl (C=O) groups is 2. The van der Waals surface area contributed by atoms with E-state index in [1.807, 2.05) is 48.7 Å². The minimum atomic E-state index is -0.163. The lowest BCUT2D eigenvalue weighted by atomic mass is 10.1. The van der Waals surface area contributed by atoms with Gasteiger partial charge in [0, 0.05) is 28.3 Å². The summed E-state index contributed by atoms with van der Waals surface area (Å²) in [7, 11) is 0. The van der Waals surface area contributed by atoms with Crippen LogP contribution in [0.25, 0.3) is 0 Å². The molecule has 1 amide bonds. The molecule has 0 saturated heterocycles. The van der Waals surface area contributed by atoms with Crippen molar-refractivity contribution >= 4 is 50.5 Å². The lowest BCUT2D eigenvalue weighted by Crippen LogP contribution is -2.34. The first-order valence-electron chi connectivity index (χ1n) is 9.45. The first kappa shape index (κ1) is 24.0. The number of benzene rings is 2. The first-order valence-corrected chi connectivity index (χ1v) is 12.4. The monoisotopic (exact) mass is 495 g/mol. The van der Waals surface area contributed by atoms with Crippen LogP contribution in [0.1, 0.15) is 35.2 Å². The molecule has 0 aliphatic heterocycles. The van der Waals surface area contributed by atoms with Crippen molar-refractivity contribution in [3.63, 3.8) is 0 Å². The Morgan fingerprint density at radius 3 is 2.41 bits per heavy atom. The average molecular weight is 496 g/mol. The minimum Gasteiger partial charge on any atom is -0.396 e. The van der Waals surface area contributed by atoms with Crippen LogP contribution in [-0.4, -0.2) is 39.6 Å². The Bertz CT molecular complexity index is 771. The van der Waals surface area contributed by atoms with Crippen LogP contribution in [0.15, 0.2) is 59.1 Å². The molecule has 0 fully saturated rings. The predicted octanol–water partition coefficient (Wildman–Crippen LogP) is 4.90. The van der Waals surface area contributed by atoms with Gasteiger partial charge in [-0.05, 0) is 43.2 Å². The van der Waals surface area contributed by atoms with Gasteiger partial charge in [-0.3, -0.25) is 9.59 Å². The Morgan fingerprint density at radius 2 is 1.79 bits per heavy atom. The quantitative estimate of drug-likeness (QED) is 0.433. The number of thioether (sulfide) groups is 2. The molecule has 7 heteroatoms. The van der Waals surface area contributed by atoms with Gasteiger partial charge in [0.2, 0.25) is 11.0 Å². The molecule has 0 spiro atoms. The van der Waals surface area contributed by atoms with E-state index < -0.39 is 0 Å². The highest BCUT2D eigenvalue weighted by atomic mass is 79.9. The van der Waals surface area contributed by atoms with E-state index >= 15 is 0 Å². The summed E-state index contributed by atoms with van der Waals surface area (Å²) >= 11 is 6.21. The maximum atomic E-state index is 12.7. The lowest BCUT2D eigenvalue weighted by molar-refractivity contribution is -0.121. The van der Waals surface area contributed by atoms with E-state index in [0.29, 0.717) is 18.4 Å². The van der Waals surface area contributed by atoms with Gasteiger partial charge >= 0.3 is 0 Å². The highest BCUT2D eigenvalue weighted by Crippen LogP contribution is 2.25. The zero-order chi connectivity index (χ0) is 21.1. The number of hydrogen-bond donors (Lipinski definition) is 2. The topological polar surface area (TPSA) is 66.4 Å². The molecule has 29 heavy (non-hydrogen) atoms. The van der Waals surface area contributed by atoms with Gasteiger partial charge in [0.15, 0.2) is 0 Å². The normalized spacial score (nSPS) is 12.9. The van der Waals surface area contributed by atoms with Crippen LogP contribution in [-0.2, 0) is 11.2 Å². The Kier molecular flexibility index (Phi) is 10.8. The van der Waals surface area contributed by atoms with Crippen LogP contribution >= 0.6 is 39.5 Å². The second-order valence-electron chi connectivity index (χ2n) is 6.59. The van der Waals surface area contributed by atoms with Crippen LogP contribution in [0.5, 0.6) is 0 Å². The van der Waals surface area contributed by atoms with Crippen LogP contribution < -0.4 is 5.32 Å². The summed E-state index contributed by atoms with van der Waals surface area (Å²) in [5, 5.41) is 11.8. The fraction of sp³-hybridized carbons (Fsp3) is 0.364. The predicted molar refractivity (Wildman–Crippen MR) is 126 cm³/mol. The first-order chi connectivity index (χ1) is 14.0. The molecule has 0 saturated carbocycles. The van der Waals surface area contributed by atoms with E-state index in [0.717, 1.165) is 16.5 Å². The Morgan fingerprint density at radius 1 is 1.10 bits per heavy atom. The van der Waals surface area contributed by atoms with E-state index in [9.17, 15) is 9.59 Å². The van der Waals surface area contributed by atoms with Crippen molar-refractivity contribution in [2.24, 2.45) is 0 Å². The van der Waals surface area contributed by atoms with Gasteiger partial charge in [0.05, 0.1) is 5.37 Å². The number of amides is 1. The summed E-state index contributed by atoms with van der Waals surface area (Å²) in [5.41, 5.74) is 1.73. The number of aliphatic hydroxyl groups excluding tert-OH is 1. The van der Waals surface area contributed by atoms with Gasteiger partial charge in [0.25, 0.3) is 0 Å². The van der Waals surface area contributed by atoms with Crippen molar-refractivity contribution in [2.75, 3.05) is 12.9 Å². The standard InChI is InChI=1S/C22H26BrNO3S2/c1-28-21(8-5-13-25)24-20(26)15-19(14-16-9-11-18(23)12-10-16)29-22(27)17-6-3-2-4-7-17/h2-4,6-7,9-12,19,21,25H,5,8,13-15H2,1H3,(H,24,26). The molecule has 4 nitrogen and oxygen atoms in total.